The number of nitrogens with zero attached hydrogens (tertiary/aromatic N) is 1. The lowest BCUT2D eigenvalue weighted by Crippen LogP contribution is -2.06. The van der Waals surface area contributed by atoms with E-state index in [1.165, 1.54) is 19.2 Å². The molecule has 0 aliphatic heterocycles. The topological polar surface area (TPSA) is 74.4 Å². The maximum absolute atomic E-state index is 11.4. The third kappa shape index (κ3) is 3.00. The first-order valence-electron chi connectivity index (χ1n) is 5.80. The average Bonchev–Trinajstić information content (AvgIpc) is 2.44. The fraction of sp³-hybridized carbons (Fsp3) is 0.143. The van der Waals surface area contributed by atoms with Crippen LogP contribution in [0, 0.1) is 6.92 Å². The van der Waals surface area contributed by atoms with Crippen LogP contribution in [0.3, 0.4) is 0 Å². The van der Waals surface area contributed by atoms with Gasteiger partial charge in [-0.3, -0.25) is 0 Å². The molecule has 0 amide bonds. The van der Waals surface area contributed by atoms with Crippen LogP contribution >= 0.6 is 11.6 Å². The number of methoxy groups -OCH3 is 1. The number of halogens is 1. The molecule has 0 radical (unpaired) electrons. The highest BCUT2D eigenvalue weighted by Crippen LogP contribution is 2.30. The van der Waals surface area contributed by atoms with E-state index in [2.05, 4.69) is 9.72 Å². The molecule has 1 aromatic heterocycles. The Morgan fingerprint density at radius 3 is 2.75 bits per heavy atom. The van der Waals surface area contributed by atoms with Gasteiger partial charge in [0.05, 0.1) is 12.8 Å². The number of carbonyl (C=O) groups is 1. The predicted molar refractivity (Wildman–Crippen MR) is 76.3 cm³/mol. The number of esters is 1. The summed E-state index contributed by atoms with van der Waals surface area (Å²) in [5.41, 5.74) is 7.11. The molecule has 0 aliphatic carbocycles. The molecule has 0 saturated heterocycles. The number of pyridine rings is 1. The molecule has 0 saturated carbocycles. The summed E-state index contributed by atoms with van der Waals surface area (Å²) in [7, 11) is 1.28. The number of carbonyl (C=O) groups excluding carboxylic acids is 1. The Morgan fingerprint density at radius 1 is 1.30 bits per heavy atom. The molecule has 104 valence electrons. The summed E-state index contributed by atoms with van der Waals surface area (Å²) in [6.45, 7) is 1.87. The van der Waals surface area contributed by atoms with E-state index in [-0.39, 0.29) is 11.6 Å². The molecule has 0 aliphatic rings. The number of hydrogen-bond acceptors (Lipinski definition) is 5. The molecule has 20 heavy (non-hydrogen) atoms. The summed E-state index contributed by atoms with van der Waals surface area (Å²) in [5, 5.41) is 0.535. The van der Waals surface area contributed by atoms with Crippen molar-refractivity contribution in [1.29, 1.82) is 0 Å². The van der Waals surface area contributed by atoms with E-state index in [0.717, 1.165) is 5.56 Å². The summed E-state index contributed by atoms with van der Waals surface area (Å²) >= 11 is 5.92. The van der Waals surface area contributed by atoms with Gasteiger partial charge in [0.1, 0.15) is 5.75 Å². The average molecular weight is 293 g/mol. The molecular formula is C14H13ClN2O3. The van der Waals surface area contributed by atoms with Crippen LogP contribution in [0.4, 0.5) is 5.69 Å². The number of benzene rings is 1. The normalized spacial score (nSPS) is 10.2. The van der Waals surface area contributed by atoms with Crippen molar-refractivity contribution in [3.8, 4) is 11.6 Å². The molecule has 0 bridgehead atoms. The molecule has 5 nitrogen and oxygen atoms in total. The lowest BCUT2D eigenvalue weighted by Gasteiger charge is -2.11. The van der Waals surface area contributed by atoms with Gasteiger partial charge >= 0.3 is 5.97 Å². The van der Waals surface area contributed by atoms with Crippen LogP contribution in [0.25, 0.3) is 0 Å². The van der Waals surface area contributed by atoms with Gasteiger partial charge < -0.3 is 15.2 Å². The third-order valence-electron chi connectivity index (χ3n) is 2.64. The van der Waals surface area contributed by atoms with Crippen LogP contribution in [0.2, 0.25) is 5.02 Å². The fourth-order valence-electron chi connectivity index (χ4n) is 1.54. The number of anilines is 1. The van der Waals surface area contributed by atoms with Crippen molar-refractivity contribution < 1.29 is 14.3 Å². The van der Waals surface area contributed by atoms with Crippen molar-refractivity contribution in [2.75, 3.05) is 12.8 Å². The number of aromatic nitrogens is 1. The van der Waals surface area contributed by atoms with E-state index in [4.69, 9.17) is 22.1 Å². The number of nitrogen functional groups attached to an aromatic ring is 1. The molecule has 2 N–H and O–H groups in total. The van der Waals surface area contributed by atoms with Crippen molar-refractivity contribution in [2.45, 2.75) is 6.92 Å². The van der Waals surface area contributed by atoms with Crippen LogP contribution in [0.15, 0.2) is 30.3 Å². The van der Waals surface area contributed by atoms with Crippen molar-refractivity contribution in [1.82, 2.24) is 4.98 Å². The van der Waals surface area contributed by atoms with Gasteiger partial charge in [-0.1, -0.05) is 17.7 Å². The van der Waals surface area contributed by atoms with Gasteiger partial charge in [-0.05, 0) is 36.8 Å². The predicted octanol–water partition coefficient (Wildman–Crippen LogP) is 3.20. The molecule has 0 fully saturated rings. The smallest absolute Gasteiger partial charge is 0.356 e. The van der Waals surface area contributed by atoms with Gasteiger partial charge in [0.25, 0.3) is 0 Å². The molecule has 0 atom stereocenters. The molecular weight excluding hydrogens is 280 g/mol. The first-order valence-corrected chi connectivity index (χ1v) is 6.18. The van der Waals surface area contributed by atoms with Gasteiger partial charge in [-0.2, -0.15) is 0 Å². The Labute approximate surface area is 121 Å². The summed E-state index contributed by atoms with van der Waals surface area (Å²) in [6, 6.07) is 8.24. The quantitative estimate of drug-likeness (QED) is 0.879. The second-order valence-electron chi connectivity index (χ2n) is 4.09. The van der Waals surface area contributed by atoms with Crippen LogP contribution in [-0.4, -0.2) is 18.1 Å². The molecule has 0 spiro atoms. The lowest BCUT2D eigenvalue weighted by molar-refractivity contribution is 0.0593. The first kappa shape index (κ1) is 14.1. The number of rotatable bonds is 3. The summed E-state index contributed by atoms with van der Waals surface area (Å²) in [5.74, 6) is 0.106. The zero-order chi connectivity index (χ0) is 14.7. The highest BCUT2D eigenvalue weighted by atomic mass is 35.5. The first-order chi connectivity index (χ1) is 9.51. The van der Waals surface area contributed by atoms with E-state index < -0.39 is 5.97 Å². The third-order valence-corrected chi connectivity index (χ3v) is 2.88. The number of ether oxygens (including phenoxy) is 2. The van der Waals surface area contributed by atoms with E-state index in [0.29, 0.717) is 16.5 Å². The van der Waals surface area contributed by atoms with E-state index >= 15 is 0 Å². The Morgan fingerprint density at radius 2 is 2.05 bits per heavy atom. The van der Waals surface area contributed by atoms with E-state index in [1.807, 2.05) is 13.0 Å². The Balaban J connectivity index is 2.37. The standard InChI is InChI=1S/C14H13ClN2O3/c1-8-3-4-9(15)7-12(8)20-13-10(16)5-6-11(17-13)14(18)19-2/h3-7H,16H2,1-2H3. The van der Waals surface area contributed by atoms with Crippen molar-refractivity contribution in [3.63, 3.8) is 0 Å². The monoisotopic (exact) mass is 292 g/mol. The molecule has 2 rings (SSSR count). The summed E-state index contributed by atoms with van der Waals surface area (Å²) in [4.78, 5) is 15.5. The zero-order valence-corrected chi connectivity index (χ0v) is 11.8. The fourth-order valence-corrected chi connectivity index (χ4v) is 1.70. The van der Waals surface area contributed by atoms with Crippen molar-refractivity contribution in [2.24, 2.45) is 0 Å². The van der Waals surface area contributed by atoms with Crippen LogP contribution < -0.4 is 10.5 Å². The maximum Gasteiger partial charge on any atom is 0.356 e. The number of aryl methyl sites for hydroxylation is 1. The Hall–Kier alpha value is -2.27. The second-order valence-corrected chi connectivity index (χ2v) is 4.53. The molecule has 0 unspecified atom stereocenters. The van der Waals surface area contributed by atoms with Crippen LogP contribution in [-0.2, 0) is 4.74 Å². The summed E-state index contributed by atoms with van der Waals surface area (Å²) < 4.78 is 10.2. The molecule has 1 heterocycles. The Bertz CT molecular complexity index is 659. The van der Waals surface area contributed by atoms with E-state index in [1.54, 1.807) is 12.1 Å². The summed E-state index contributed by atoms with van der Waals surface area (Å²) in [6.07, 6.45) is 0. The highest BCUT2D eigenvalue weighted by Gasteiger charge is 2.13. The van der Waals surface area contributed by atoms with Crippen LogP contribution in [0.1, 0.15) is 16.1 Å². The minimum Gasteiger partial charge on any atom is -0.464 e. The number of hydrogen-bond donors (Lipinski definition) is 1. The minimum atomic E-state index is -0.558. The van der Waals surface area contributed by atoms with Gasteiger partial charge in [-0.25, -0.2) is 9.78 Å². The SMILES string of the molecule is COC(=O)c1ccc(N)c(Oc2cc(Cl)ccc2C)n1. The Kier molecular flexibility index (Phi) is 4.10. The molecule has 6 heteroatoms. The lowest BCUT2D eigenvalue weighted by atomic mass is 10.2. The number of nitrogens with two attached hydrogens (primary N) is 1. The van der Waals surface area contributed by atoms with Gasteiger partial charge in [0.2, 0.25) is 5.88 Å². The molecule has 2 aromatic rings. The maximum atomic E-state index is 11.4. The minimum absolute atomic E-state index is 0.122. The highest BCUT2D eigenvalue weighted by molar-refractivity contribution is 6.30. The van der Waals surface area contributed by atoms with Crippen molar-refractivity contribution in [3.05, 3.63) is 46.6 Å². The molecule has 1 aromatic carbocycles. The van der Waals surface area contributed by atoms with Gasteiger partial charge in [0, 0.05) is 5.02 Å². The van der Waals surface area contributed by atoms with Gasteiger partial charge in [-0.15, -0.1) is 0 Å². The van der Waals surface area contributed by atoms with E-state index in [9.17, 15) is 4.79 Å². The van der Waals surface area contributed by atoms with Gasteiger partial charge in [0.15, 0.2) is 5.69 Å². The zero-order valence-electron chi connectivity index (χ0n) is 11.0. The van der Waals surface area contributed by atoms with Crippen molar-refractivity contribution >= 4 is 23.3 Å². The second kappa shape index (κ2) is 5.79. The largest absolute Gasteiger partial charge is 0.464 e. The van der Waals surface area contributed by atoms with Crippen LogP contribution in [0.5, 0.6) is 11.6 Å².